The van der Waals surface area contributed by atoms with E-state index in [1.807, 2.05) is 6.07 Å². The Kier molecular flexibility index (Phi) is 4.85. The van der Waals surface area contributed by atoms with Crippen molar-refractivity contribution in [1.29, 1.82) is 0 Å². The summed E-state index contributed by atoms with van der Waals surface area (Å²) in [5.74, 6) is 1.71. The van der Waals surface area contributed by atoms with Crippen LogP contribution in [-0.4, -0.2) is 17.7 Å². The number of ether oxygens (including phenoxy) is 2. The molecule has 0 bridgehead atoms. The van der Waals surface area contributed by atoms with E-state index < -0.39 is 0 Å². The van der Waals surface area contributed by atoms with Gasteiger partial charge in [0.25, 0.3) is 5.91 Å². The molecule has 6 heteroatoms. The lowest BCUT2D eigenvalue weighted by Gasteiger charge is -2.14. The molecule has 2 N–H and O–H groups in total. The van der Waals surface area contributed by atoms with Gasteiger partial charge in [0.2, 0.25) is 6.79 Å². The molecule has 0 aliphatic carbocycles. The van der Waals surface area contributed by atoms with Crippen LogP contribution in [0.2, 0.25) is 0 Å². The molecule has 0 radical (unpaired) electrons. The number of amides is 1. The van der Waals surface area contributed by atoms with Gasteiger partial charge in [-0.15, -0.1) is 0 Å². The fourth-order valence-corrected chi connectivity index (χ4v) is 3.15. The zero-order valence-electron chi connectivity index (χ0n) is 15.8. The molecule has 0 atom stereocenters. The van der Waals surface area contributed by atoms with Crippen LogP contribution in [0, 0.1) is 6.92 Å². The first kappa shape index (κ1) is 17.9. The number of aryl methyl sites for hydroxylation is 2. The lowest BCUT2D eigenvalue weighted by molar-refractivity contribution is 0.102. The van der Waals surface area contributed by atoms with Crippen molar-refractivity contribution in [2.45, 2.75) is 20.3 Å². The maximum absolute atomic E-state index is 12.7. The number of hydrogen-bond donors (Lipinski definition) is 2. The number of carbonyl (C=O) groups excluding carboxylic acids is 1. The fourth-order valence-electron chi connectivity index (χ4n) is 3.15. The van der Waals surface area contributed by atoms with Crippen LogP contribution < -0.4 is 20.1 Å². The predicted molar refractivity (Wildman–Crippen MR) is 109 cm³/mol. The van der Waals surface area contributed by atoms with Gasteiger partial charge >= 0.3 is 0 Å². The number of aromatic nitrogens is 1. The Balaban J connectivity index is 1.53. The molecule has 4 rings (SSSR count). The van der Waals surface area contributed by atoms with Crippen LogP contribution >= 0.6 is 0 Å². The quantitative estimate of drug-likeness (QED) is 0.678. The number of nitrogens with one attached hydrogen (secondary N) is 2. The molecule has 1 aromatic heterocycles. The Bertz CT molecular complexity index is 1030. The Labute approximate surface area is 163 Å². The van der Waals surface area contributed by atoms with Crippen molar-refractivity contribution < 1.29 is 14.3 Å². The first-order valence-corrected chi connectivity index (χ1v) is 9.16. The fraction of sp³-hybridized carbons (Fsp3) is 0.182. The molecule has 0 fully saturated rings. The highest BCUT2D eigenvalue weighted by Gasteiger charge is 2.15. The summed E-state index contributed by atoms with van der Waals surface area (Å²) < 4.78 is 10.6. The second-order valence-electron chi connectivity index (χ2n) is 6.54. The van der Waals surface area contributed by atoms with E-state index in [9.17, 15) is 4.79 Å². The van der Waals surface area contributed by atoms with Crippen LogP contribution in [0.25, 0.3) is 0 Å². The van der Waals surface area contributed by atoms with Gasteiger partial charge in [-0.1, -0.05) is 25.1 Å². The highest BCUT2D eigenvalue weighted by atomic mass is 16.7. The minimum atomic E-state index is -0.218. The van der Waals surface area contributed by atoms with E-state index in [1.165, 1.54) is 5.56 Å². The van der Waals surface area contributed by atoms with Crippen LogP contribution in [0.3, 0.4) is 0 Å². The van der Waals surface area contributed by atoms with Crippen molar-refractivity contribution in [3.8, 4) is 11.5 Å². The number of anilines is 3. The molecule has 3 aromatic rings. The summed E-state index contributed by atoms with van der Waals surface area (Å²) in [7, 11) is 0. The SMILES string of the molecule is CCc1cccc(C)c1Nc1cc(C(=O)Nc2ccc3c(c2)OCO3)ccn1. The Morgan fingerprint density at radius 2 is 1.96 bits per heavy atom. The summed E-state index contributed by atoms with van der Waals surface area (Å²) in [5.41, 5.74) is 4.54. The normalized spacial score (nSPS) is 11.9. The minimum Gasteiger partial charge on any atom is -0.454 e. The van der Waals surface area contributed by atoms with Crippen molar-refractivity contribution in [2.24, 2.45) is 0 Å². The van der Waals surface area contributed by atoms with Crippen LogP contribution in [0.1, 0.15) is 28.4 Å². The van der Waals surface area contributed by atoms with Crippen LogP contribution in [0.4, 0.5) is 17.2 Å². The molecular weight excluding hydrogens is 354 g/mol. The van der Waals surface area contributed by atoms with Crippen LogP contribution in [-0.2, 0) is 6.42 Å². The molecule has 0 unspecified atom stereocenters. The third-order valence-electron chi connectivity index (χ3n) is 4.65. The smallest absolute Gasteiger partial charge is 0.255 e. The van der Waals surface area contributed by atoms with E-state index in [-0.39, 0.29) is 12.7 Å². The monoisotopic (exact) mass is 375 g/mol. The number of hydrogen-bond acceptors (Lipinski definition) is 5. The molecule has 2 heterocycles. The Hall–Kier alpha value is -3.54. The van der Waals surface area contributed by atoms with Crippen molar-refractivity contribution in [3.63, 3.8) is 0 Å². The van der Waals surface area contributed by atoms with Gasteiger partial charge in [-0.3, -0.25) is 4.79 Å². The number of para-hydroxylation sites is 1. The molecule has 0 spiro atoms. The Morgan fingerprint density at radius 3 is 2.82 bits per heavy atom. The zero-order valence-corrected chi connectivity index (χ0v) is 15.8. The van der Waals surface area contributed by atoms with E-state index in [4.69, 9.17) is 9.47 Å². The Morgan fingerprint density at radius 1 is 1.11 bits per heavy atom. The molecule has 2 aromatic carbocycles. The van der Waals surface area contributed by atoms with Crippen molar-refractivity contribution in [3.05, 3.63) is 71.4 Å². The summed E-state index contributed by atoms with van der Waals surface area (Å²) in [4.78, 5) is 17.0. The maximum Gasteiger partial charge on any atom is 0.255 e. The molecule has 28 heavy (non-hydrogen) atoms. The first-order chi connectivity index (χ1) is 13.6. The highest BCUT2D eigenvalue weighted by molar-refractivity contribution is 6.04. The molecule has 142 valence electrons. The van der Waals surface area contributed by atoms with Gasteiger partial charge in [0.15, 0.2) is 11.5 Å². The van der Waals surface area contributed by atoms with E-state index >= 15 is 0 Å². The van der Waals surface area contributed by atoms with Crippen molar-refractivity contribution in [1.82, 2.24) is 4.98 Å². The van der Waals surface area contributed by atoms with E-state index in [2.05, 4.69) is 41.6 Å². The van der Waals surface area contributed by atoms with Gasteiger partial charge in [0, 0.05) is 29.2 Å². The zero-order chi connectivity index (χ0) is 19.5. The summed E-state index contributed by atoms with van der Waals surface area (Å²) in [6.45, 7) is 4.37. The van der Waals surface area contributed by atoms with Gasteiger partial charge in [0.05, 0.1) is 0 Å². The van der Waals surface area contributed by atoms with Gasteiger partial charge in [-0.25, -0.2) is 4.98 Å². The molecule has 6 nitrogen and oxygen atoms in total. The third kappa shape index (κ3) is 3.62. The van der Waals surface area contributed by atoms with E-state index in [0.717, 1.165) is 17.7 Å². The average Bonchev–Trinajstić information content (AvgIpc) is 3.17. The lowest BCUT2D eigenvalue weighted by atomic mass is 10.1. The number of rotatable bonds is 5. The molecule has 0 saturated carbocycles. The predicted octanol–water partition coefficient (Wildman–Crippen LogP) is 4.68. The number of benzene rings is 2. The molecule has 1 amide bonds. The van der Waals surface area contributed by atoms with Crippen molar-refractivity contribution >= 4 is 23.1 Å². The average molecular weight is 375 g/mol. The molecular formula is C22H21N3O3. The van der Waals surface area contributed by atoms with Gasteiger partial charge < -0.3 is 20.1 Å². The third-order valence-corrected chi connectivity index (χ3v) is 4.65. The highest BCUT2D eigenvalue weighted by Crippen LogP contribution is 2.34. The molecule has 0 saturated heterocycles. The van der Waals surface area contributed by atoms with E-state index in [1.54, 1.807) is 36.5 Å². The first-order valence-electron chi connectivity index (χ1n) is 9.16. The number of carbonyl (C=O) groups is 1. The van der Waals surface area contributed by atoms with Gasteiger partial charge in [-0.05, 0) is 48.7 Å². The van der Waals surface area contributed by atoms with E-state index in [0.29, 0.717) is 28.6 Å². The maximum atomic E-state index is 12.7. The summed E-state index contributed by atoms with van der Waals surface area (Å²) in [6, 6.07) is 14.9. The summed E-state index contributed by atoms with van der Waals surface area (Å²) in [6.07, 6.45) is 2.54. The molecule has 1 aliphatic rings. The number of fused-ring (bicyclic) bond motifs is 1. The standard InChI is InChI=1S/C22H21N3O3/c1-3-15-6-4-5-14(2)21(15)25-20-11-16(9-10-23-20)22(26)24-17-7-8-18-19(12-17)28-13-27-18/h4-12H,3,13H2,1-2H3,(H,23,25)(H,24,26). The van der Waals surface area contributed by atoms with Crippen LogP contribution in [0.5, 0.6) is 11.5 Å². The number of pyridine rings is 1. The molecule has 1 aliphatic heterocycles. The van der Waals surface area contributed by atoms with Crippen LogP contribution in [0.15, 0.2) is 54.7 Å². The van der Waals surface area contributed by atoms with Crippen molar-refractivity contribution in [2.75, 3.05) is 17.4 Å². The topological polar surface area (TPSA) is 72.5 Å². The summed E-state index contributed by atoms with van der Waals surface area (Å²) in [5, 5.41) is 6.24. The minimum absolute atomic E-state index is 0.199. The van der Waals surface area contributed by atoms with Gasteiger partial charge in [0.1, 0.15) is 5.82 Å². The largest absolute Gasteiger partial charge is 0.454 e. The second-order valence-corrected chi connectivity index (χ2v) is 6.54. The number of nitrogens with zero attached hydrogens (tertiary/aromatic N) is 1. The summed E-state index contributed by atoms with van der Waals surface area (Å²) >= 11 is 0. The van der Waals surface area contributed by atoms with Gasteiger partial charge in [-0.2, -0.15) is 0 Å². The second kappa shape index (κ2) is 7.60. The lowest BCUT2D eigenvalue weighted by Crippen LogP contribution is -2.12.